The lowest BCUT2D eigenvalue weighted by Crippen LogP contribution is -2.29. The van der Waals surface area contributed by atoms with Crippen molar-refractivity contribution in [2.24, 2.45) is 0 Å². The molecule has 1 spiro atoms. The Morgan fingerprint density at radius 2 is 0.671 bits per heavy atom. The second-order valence-corrected chi connectivity index (χ2v) is 19.9. The standard InChI is InChI=1S/C68H45NO/c1-67(2)59-27-13-9-24-52(59)55-35-32-45(40-62(55)67)69(44-33-36-66-58(39-44)50-22-8-7-21-49(50)56-26-12-16-30-65(56)70-66)46-31-34-54-48-20-6-5-19-47(48)51-23-10-14-28-60(51)68(64(54)41-46)61-29-15-11-25-53(61)57-37-42-17-3-4-18-43(42)38-63(57)68/h3-41H,1-2H3. The van der Waals surface area contributed by atoms with Crippen molar-refractivity contribution in [3.8, 4) is 78.3 Å². The number of benzene rings is 11. The van der Waals surface area contributed by atoms with E-state index in [0.717, 1.165) is 50.8 Å². The number of nitrogens with zero attached hydrogens (tertiary/aromatic N) is 1. The molecule has 0 saturated carbocycles. The van der Waals surface area contributed by atoms with Crippen molar-refractivity contribution in [1.82, 2.24) is 0 Å². The molecule has 1 aliphatic heterocycles. The van der Waals surface area contributed by atoms with Crippen LogP contribution < -0.4 is 9.64 Å². The fourth-order valence-electron chi connectivity index (χ4n) is 13.0. The summed E-state index contributed by atoms with van der Waals surface area (Å²) in [7, 11) is 0. The molecule has 1 unspecified atom stereocenters. The zero-order chi connectivity index (χ0) is 46.3. The Labute approximate surface area is 408 Å². The minimum absolute atomic E-state index is 0.189. The van der Waals surface area contributed by atoms with E-state index < -0.39 is 5.41 Å². The second-order valence-electron chi connectivity index (χ2n) is 19.9. The summed E-state index contributed by atoms with van der Waals surface area (Å²) in [6.07, 6.45) is 0. The lowest BCUT2D eigenvalue weighted by molar-refractivity contribution is 0.488. The molecule has 1 atom stereocenters. The maximum atomic E-state index is 6.85. The van der Waals surface area contributed by atoms with Crippen LogP contribution in [0.2, 0.25) is 0 Å². The van der Waals surface area contributed by atoms with Crippen LogP contribution in [0.3, 0.4) is 0 Å². The molecule has 0 fully saturated rings. The van der Waals surface area contributed by atoms with Crippen molar-refractivity contribution in [3.63, 3.8) is 0 Å². The molecule has 11 aromatic carbocycles. The average molecular weight is 892 g/mol. The van der Waals surface area contributed by atoms with Crippen molar-refractivity contribution < 1.29 is 4.74 Å². The Kier molecular flexibility index (Phi) is 8.08. The van der Waals surface area contributed by atoms with Crippen LogP contribution in [0.4, 0.5) is 17.1 Å². The van der Waals surface area contributed by atoms with Crippen LogP contribution in [0.25, 0.3) is 77.5 Å². The van der Waals surface area contributed by atoms with Gasteiger partial charge in [-0.3, -0.25) is 0 Å². The normalized spacial score (nSPS) is 15.6. The highest BCUT2D eigenvalue weighted by Crippen LogP contribution is 2.63. The first kappa shape index (κ1) is 39.3. The summed E-state index contributed by atoms with van der Waals surface area (Å²) in [6, 6.07) is 88.5. The van der Waals surface area contributed by atoms with Gasteiger partial charge in [-0.05, 0) is 160 Å². The molecule has 11 aromatic rings. The molecule has 0 N–H and O–H groups in total. The molecule has 3 aliphatic carbocycles. The maximum Gasteiger partial charge on any atom is 0.135 e. The number of rotatable bonds is 3. The highest BCUT2D eigenvalue weighted by atomic mass is 16.5. The Hall–Kier alpha value is -8.72. The van der Waals surface area contributed by atoms with Gasteiger partial charge in [-0.25, -0.2) is 0 Å². The first-order chi connectivity index (χ1) is 34.5. The molecule has 0 amide bonds. The van der Waals surface area contributed by atoms with Gasteiger partial charge >= 0.3 is 0 Å². The first-order valence-corrected chi connectivity index (χ1v) is 24.5. The predicted molar refractivity (Wildman–Crippen MR) is 289 cm³/mol. The highest BCUT2D eigenvalue weighted by Gasteiger charge is 2.50. The monoisotopic (exact) mass is 891 g/mol. The molecule has 0 bridgehead atoms. The molecule has 0 aromatic heterocycles. The van der Waals surface area contributed by atoms with Crippen molar-refractivity contribution in [2.45, 2.75) is 24.7 Å². The lowest BCUT2D eigenvalue weighted by Gasteiger charge is -2.37. The van der Waals surface area contributed by atoms with E-state index in [0.29, 0.717) is 0 Å². The van der Waals surface area contributed by atoms with Gasteiger partial charge in [0.25, 0.3) is 0 Å². The summed E-state index contributed by atoms with van der Waals surface area (Å²) in [5.41, 5.74) is 24.9. The Morgan fingerprint density at radius 1 is 0.271 bits per heavy atom. The SMILES string of the molecule is CC1(C)c2ccccc2-c2ccc(N(c3ccc4c(c3)-c3ccccc3-c3ccccc3O4)c3ccc4c(c3)C3(c5ccccc5-c5ccccc5-4)c4ccccc4-c4cc5ccccc5cc43)cc21. The largest absolute Gasteiger partial charge is 0.456 e. The van der Waals surface area contributed by atoms with Crippen molar-refractivity contribution in [3.05, 3.63) is 270 Å². The van der Waals surface area contributed by atoms with Crippen LogP contribution in [0.15, 0.2) is 237 Å². The summed E-state index contributed by atoms with van der Waals surface area (Å²) in [5, 5.41) is 2.49. The van der Waals surface area contributed by atoms with E-state index in [9.17, 15) is 0 Å². The van der Waals surface area contributed by atoms with E-state index in [-0.39, 0.29) is 5.41 Å². The highest BCUT2D eigenvalue weighted by molar-refractivity contribution is 6.02. The van der Waals surface area contributed by atoms with E-state index >= 15 is 0 Å². The summed E-state index contributed by atoms with van der Waals surface area (Å²) in [4.78, 5) is 2.50. The van der Waals surface area contributed by atoms with Gasteiger partial charge in [-0.1, -0.05) is 190 Å². The third-order valence-electron chi connectivity index (χ3n) is 16.1. The third kappa shape index (κ3) is 5.28. The quantitative estimate of drug-likeness (QED) is 0.175. The van der Waals surface area contributed by atoms with Gasteiger partial charge in [0.1, 0.15) is 11.5 Å². The van der Waals surface area contributed by atoms with Crippen LogP contribution in [0, 0.1) is 0 Å². The number of fused-ring (bicyclic) bond motifs is 21. The molecule has 0 saturated heterocycles. The molecule has 328 valence electrons. The zero-order valence-electron chi connectivity index (χ0n) is 38.9. The van der Waals surface area contributed by atoms with Gasteiger partial charge in [0.05, 0.1) is 5.41 Å². The topological polar surface area (TPSA) is 12.5 Å². The molecule has 70 heavy (non-hydrogen) atoms. The molecule has 1 heterocycles. The number of ether oxygens (including phenoxy) is 1. The second kappa shape index (κ2) is 14.4. The number of para-hydroxylation sites is 1. The Bertz CT molecular complexity index is 4040. The van der Waals surface area contributed by atoms with Gasteiger partial charge in [0, 0.05) is 33.6 Å². The van der Waals surface area contributed by atoms with Crippen molar-refractivity contribution in [1.29, 1.82) is 0 Å². The minimum atomic E-state index is -0.656. The molecule has 4 aliphatic rings. The van der Waals surface area contributed by atoms with Gasteiger partial charge in [-0.15, -0.1) is 0 Å². The van der Waals surface area contributed by atoms with Crippen LogP contribution in [0.1, 0.15) is 47.2 Å². The summed E-state index contributed by atoms with van der Waals surface area (Å²) in [6.45, 7) is 4.75. The van der Waals surface area contributed by atoms with Crippen molar-refractivity contribution in [2.75, 3.05) is 4.90 Å². The van der Waals surface area contributed by atoms with Crippen LogP contribution in [-0.2, 0) is 10.8 Å². The first-order valence-electron chi connectivity index (χ1n) is 24.5. The third-order valence-corrected chi connectivity index (χ3v) is 16.1. The predicted octanol–water partition coefficient (Wildman–Crippen LogP) is 18.1. The molecule has 0 radical (unpaired) electrons. The van der Waals surface area contributed by atoms with Gasteiger partial charge in [0.15, 0.2) is 0 Å². The van der Waals surface area contributed by atoms with Crippen LogP contribution in [0.5, 0.6) is 11.5 Å². The van der Waals surface area contributed by atoms with E-state index in [1.807, 2.05) is 0 Å². The minimum Gasteiger partial charge on any atom is -0.456 e. The molecule has 2 nitrogen and oxygen atoms in total. The van der Waals surface area contributed by atoms with Crippen molar-refractivity contribution >= 4 is 27.8 Å². The number of hydrogen-bond donors (Lipinski definition) is 0. The smallest absolute Gasteiger partial charge is 0.135 e. The van der Waals surface area contributed by atoms with Gasteiger partial charge < -0.3 is 9.64 Å². The van der Waals surface area contributed by atoms with E-state index in [1.54, 1.807) is 0 Å². The molecular weight excluding hydrogens is 847 g/mol. The van der Waals surface area contributed by atoms with Gasteiger partial charge in [0.2, 0.25) is 0 Å². The summed E-state index contributed by atoms with van der Waals surface area (Å²) in [5.74, 6) is 1.70. The fourth-order valence-corrected chi connectivity index (χ4v) is 13.0. The van der Waals surface area contributed by atoms with Crippen LogP contribution in [-0.4, -0.2) is 0 Å². The zero-order valence-corrected chi connectivity index (χ0v) is 38.9. The number of anilines is 3. The molecule has 2 heteroatoms. The van der Waals surface area contributed by atoms with E-state index in [4.69, 9.17) is 4.74 Å². The fraction of sp³-hybridized carbons (Fsp3) is 0.0588. The van der Waals surface area contributed by atoms with Crippen LogP contribution >= 0.6 is 0 Å². The summed E-state index contributed by atoms with van der Waals surface area (Å²) >= 11 is 0. The lowest BCUT2D eigenvalue weighted by atomic mass is 9.65. The van der Waals surface area contributed by atoms with E-state index in [2.05, 4.69) is 255 Å². The van der Waals surface area contributed by atoms with E-state index in [1.165, 1.54) is 88.7 Å². The number of hydrogen-bond acceptors (Lipinski definition) is 2. The summed E-state index contributed by atoms with van der Waals surface area (Å²) < 4.78 is 6.85. The Morgan fingerprint density at radius 3 is 1.33 bits per heavy atom. The molecular formula is C68H45NO. The average Bonchev–Trinajstić information content (AvgIpc) is 3.71. The Balaban J connectivity index is 1.04. The van der Waals surface area contributed by atoms with Gasteiger partial charge in [-0.2, -0.15) is 0 Å². The molecule has 15 rings (SSSR count). The maximum absolute atomic E-state index is 6.85.